The number of benzene rings is 1. The molecule has 1 rings (SSSR count). The van der Waals surface area contributed by atoms with Crippen molar-refractivity contribution in [3.8, 4) is 0 Å². The molecule has 0 bridgehead atoms. The second-order valence-corrected chi connectivity index (χ2v) is 4.88. The highest BCUT2D eigenvalue weighted by Gasteiger charge is 2.18. The number of carbonyl (C=O) groups is 1. The van der Waals surface area contributed by atoms with Crippen LogP contribution in [0, 0.1) is 5.82 Å². The average Bonchev–Trinajstić information content (AvgIpc) is 2.29. The lowest BCUT2D eigenvalue weighted by Crippen LogP contribution is -2.47. The van der Waals surface area contributed by atoms with Crippen molar-refractivity contribution in [2.75, 3.05) is 13.6 Å². The van der Waals surface area contributed by atoms with E-state index >= 15 is 0 Å². The van der Waals surface area contributed by atoms with Crippen molar-refractivity contribution in [3.63, 3.8) is 0 Å². The van der Waals surface area contributed by atoms with Crippen LogP contribution in [0.2, 0.25) is 5.02 Å². The zero-order valence-corrected chi connectivity index (χ0v) is 10.9. The number of amides is 1. The second-order valence-electron chi connectivity index (χ2n) is 4.44. The van der Waals surface area contributed by atoms with Crippen LogP contribution < -0.4 is 10.6 Å². The van der Waals surface area contributed by atoms with Crippen LogP contribution >= 0.6 is 11.6 Å². The quantitative estimate of drug-likeness (QED) is 0.869. The highest BCUT2D eigenvalue weighted by atomic mass is 35.5. The smallest absolute Gasteiger partial charge is 0.254 e. The summed E-state index contributed by atoms with van der Waals surface area (Å²) in [5, 5.41) is 6.04. The Bertz CT molecular complexity index is 421. The Morgan fingerprint density at radius 3 is 2.71 bits per heavy atom. The molecule has 2 N–H and O–H groups in total. The van der Waals surface area contributed by atoms with E-state index < -0.39 is 11.7 Å². The molecule has 0 fully saturated rings. The van der Waals surface area contributed by atoms with Crippen molar-refractivity contribution in [2.24, 2.45) is 0 Å². The minimum atomic E-state index is -0.575. The highest BCUT2D eigenvalue weighted by molar-refractivity contribution is 6.30. The summed E-state index contributed by atoms with van der Waals surface area (Å²) in [6, 6.07) is 3.91. The van der Waals surface area contributed by atoms with E-state index in [1.54, 1.807) is 7.05 Å². The Morgan fingerprint density at radius 2 is 2.12 bits per heavy atom. The fraction of sp³-hybridized carbons (Fsp3) is 0.417. The maximum absolute atomic E-state index is 13.4. The molecule has 1 amide bonds. The molecule has 94 valence electrons. The minimum Gasteiger partial charge on any atom is -0.350 e. The lowest BCUT2D eigenvalue weighted by molar-refractivity contribution is 0.0939. The van der Waals surface area contributed by atoms with Crippen LogP contribution in [0.3, 0.4) is 0 Å². The normalized spacial score (nSPS) is 11.4. The number of hydrogen-bond acceptors (Lipinski definition) is 2. The molecule has 0 radical (unpaired) electrons. The van der Waals surface area contributed by atoms with Gasteiger partial charge in [-0.25, -0.2) is 4.39 Å². The fourth-order valence-electron chi connectivity index (χ4n) is 1.16. The van der Waals surface area contributed by atoms with Crippen molar-refractivity contribution in [1.82, 2.24) is 10.6 Å². The van der Waals surface area contributed by atoms with Gasteiger partial charge in [0.05, 0.1) is 5.56 Å². The monoisotopic (exact) mass is 258 g/mol. The molecule has 0 saturated heterocycles. The third-order valence-electron chi connectivity index (χ3n) is 2.54. The van der Waals surface area contributed by atoms with Gasteiger partial charge >= 0.3 is 0 Å². The summed E-state index contributed by atoms with van der Waals surface area (Å²) in [7, 11) is 1.80. The molecule has 0 saturated carbocycles. The Kier molecular flexibility index (Phi) is 4.48. The van der Waals surface area contributed by atoms with Crippen LogP contribution in [0.15, 0.2) is 18.2 Å². The van der Waals surface area contributed by atoms with Gasteiger partial charge in [-0.2, -0.15) is 0 Å². The molecule has 1 aromatic rings. The Morgan fingerprint density at radius 1 is 1.47 bits per heavy atom. The van der Waals surface area contributed by atoms with Gasteiger partial charge in [-0.15, -0.1) is 0 Å². The van der Waals surface area contributed by atoms with Gasteiger partial charge < -0.3 is 10.6 Å². The number of halogens is 2. The molecule has 5 heteroatoms. The topological polar surface area (TPSA) is 41.1 Å². The Balaban J connectivity index is 2.74. The molecular weight excluding hydrogens is 243 g/mol. The summed E-state index contributed by atoms with van der Waals surface area (Å²) in [6.07, 6.45) is 0. The third kappa shape index (κ3) is 3.98. The largest absolute Gasteiger partial charge is 0.350 e. The first-order valence-electron chi connectivity index (χ1n) is 5.28. The zero-order valence-electron chi connectivity index (χ0n) is 10.1. The first kappa shape index (κ1) is 13.9. The number of rotatable bonds is 4. The number of hydrogen-bond donors (Lipinski definition) is 2. The number of likely N-dealkylation sites (N-methyl/N-ethyl adjacent to an activating group) is 1. The van der Waals surface area contributed by atoms with Gasteiger partial charge in [0.2, 0.25) is 0 Å². The summed E-state index contributed by atoms with van der Waals surface area (Å²) < 4.78 is 13.4. The summed E-state index contributed by atoms with van der Waals surface area (Å²) >= 11 is 5.72. The standard InChI is InChI=1S/C12H16ClFN2O/c1-12(2,15-3)7-16-11(17)9-6-8(13)4-5-10(9)14/h4-6,15H,7H2,1-3H3,(H,16,17). The van der Waals surface area contributed by atoms with E-state index in [4.69, 9.17) is 11.6 Å². The molecule has 0 aliphatic carbocycles. The lowest BCUT2D eigenvalue weighted by Gasteiger charge is -2.24. The Hall–Kier alpha value is -1.13. The lowest BCUT2D eigenvalue weighted by atomic mass is 10.1. The van der Waals surface area contributed by atoms with Gasteiger partial charge in [0, 0.05) is 17.1 Å². The van der Waals surface area contributed by atoms with Gasteiger partial charge in [0.25, 0.3) is 5.91 Å². The van der Waals surface area contributed by atoms with Crippen LogP contribution in [0.4, 0.5) is 4.39 Å². The molecule has 0 atom stereocenters. The van der Waals surface area contributed by atoms with Crippen LogP contribution in [0.25, 0.3) is 0 Å². The minimum absolute atomic E-state index is 0.0376. The summed E-state index contributed by atoms with van der Waals surface area (Å²) in [5.41, 5.74) is -0.283. The highest BCUT2D eigenvalue weighted by Crippen LogP contribution is 2.14. The van der Waals surface area contributed by atoms with Gasteiger partial charge in [-0.3, -0.25) is 4.79 Å². The molecule has 0 heterocycles. The molecular formula is C12H16ClFN2O. The summed E-state index contributed by atoms with van der Waals surface area (Å²) in [4.78, 5) is 11.7. The van der Waals surface area contributed by atoms with Crippen molar-refractivity contribution < 1.29 is 9.18 Å². The van der Waals surface area contributed by atoms with E-state index in [2.05, 4.69) is 10.6 Å². The van der Waals surface area contributed by atoms with Crippen molar-refractivity contribution >= 4 is 17.5 Å². The maximum Gasteiger partial charge on any atom is 0.254 e. The van der Waals surface area contributed by atoms with E-state index in [9.17, 15) is 9.18 Å². The molecule has 0 spiro atoms. The second kappa shape index (κ2) is 5.47. The third-order valence-corrected chi connectivity index (χ3v) is 2.78. The predicted octanol–water partition coefficient (Wildman–Crippen LogP) is 2.21. The maximum atomic E-state index is 13.4. The molecule has 1 aromatic carbocycles. The van der Waals surface area contributed by atoms with Gasteiger partial charge in [-0.1, -0.05) is 11.6 Å². The Labute approximate surface area is 105 Å². The number of nitrogens with one attached hydrogen (secondary N) is 2. The fourth-order valence-corrected chi connectivity index (χ4v) is 1.33. The summed E-state index contributed by atoms with van der Waals surface area (Å²) in [5.74, 6) is -1.04. The molecule has 0 unspecified atom stereocenters. The van der Waals surface area contributed by atoms with Gasteiger partial charge in [-0.05, 0) is 39.1 Å². The van der Waals surface area contributed by atoms with E-state index in [0.29, 0.717) is 11.6 Å². The molecule has 0 aliphatic heterocycles. The number of carbonyl (C=O) groups excluding carboxylic acids is 1. The molecule has 0 aliphatic rings. The van der Waals surface area contributed by atoms with Crippen molar-refractivity contribution in [3.05, 3.63) is 34.6 Å². The van der Waals surface area contributed by atoms with Crippen LogP contribution in [-0.2, 0) is 0 Å². The molecule has 3 nitrogen and oxygen atoms in total. The van der Waals surface area contributed by atoms with Crippen molar-refractivity contribution in [1.29, 1.82) is 0 Å². The first-order chi connectivity index (χ1) is 7.85. The van der Waals surface area contributed by atoms with E-state index in [-0.39, 0.29) is 11.1 Å². The van der Waals surface area contributed by atoms with Crippen LogP contribution in [0.5, 0.6) is 0 Å². The zero-order chi connectivity index (χ0) is 13.1. The van der Waals surface area contributed by atoms with E-state index in [0.717, 1.165) is 0 Å². The SMILES string of the molecule is CNC(C)(C)CNC(=O)c1cc(Cl)ccc1F. The van der Waals surface area contributed by atoms with Gasteiger partial charge in [0.15, 0.2) is 0 Å². The average molecular weight is 259 g/mol. The van der Waals surface area contributed by atoms with Crippen molar-refractivity contribution in [2.45, 2.75) is 19.4 Å². The molecule has 0 aromatic heterocycles. The summed E-state index contributed by atoms with van der Waals surface area (Å²) in [6.45, 7) is 4.26. The van der Waals surface area contributed by atoms with Gasteiger partial charge in [0.1, 0.15) is 5.82 Å². The predicted molar refractivity (Wildman–Crippen MR) is 66.9 cm³/mol. The van der Waals surface area contributed by atoms with E-state index in [1.165, 1.54) is 18.2 Å². The van der Waals surface area contributed by atoms with E-state index in [1.807, 2.05) is 13.8 Å². The van der Waals surface area contributed by atoms with Crippen LogP contribution in [-0.4, -0.2) is 25.0 Å². The first-order valence-corrected chi connectivity index (χ1v) is 5.66. The molecule has 17 heavy (non-hydrogen) atoms. The van der Waals surface area contributed by atoms with Crippen LogP contribution in [0.1, 0.15) is 24.2 Å².